The first-order chi connectivity index (χ1) is 10.4. The summed E-state index contributed by atoms with van der Waals surface area (Å²) in [5.74, 6) is 1.64. The number of nitrogens with one attached hydrogen (secondary N) is 1. The number of carbonyl (C=O) groups excluding carboxylic acids is 1. The van der Waals surface area contributed by atoms with Crippen molar-refractivity contribution in [2.24, 2.45) is 11.7 Å². The molecule has 1 aliphatic heterocycles. The Morgan fingerprint density at radius 3 is 2.64 bits per heavy atom. The summed E-state index contributed by atoms with van der Waals surface area (Å²) in [7, 11) is 0. The van der Waals surface area contributed by atoms with Crippen LogP contribution in [0.3, 0.4) is 0 Å². The van der Waals surface area contributed by atoms with Crippen LogP contribution in [0, 0.1) is 5.92 Å². The summed E-state index contributed by atoms with van der Waals surface area (Å²) in [4.78, 5) is 12.5. The first kappa shape index (κ1) is 16.6. The molecule has 1 aromatic rings. The summed E-state index contributed by atoms with van der Waals surface area (Å²) in [6.45, 7) is 7.86. The van der Waals surface area contributed by atoms with Crippen LogP contribution in [0.25, 0.3) is 0 Å². The third-order valence-electron chi connectivity index (χ3n) is 3.73. The standard InChI is InChI=1S/C17H26N2O3/c1-12(2)10-17(3,11-18)19-16(20)13-5-6-14-15(9-13)22-8-4-7-21-14/h5-6,9,12H,4,7-8,10-11,18H2,1-3H3,(H,19,20). The lowest BCUT2D eigenvalue weighted by molar-refractivity contribution is 0.0898. The van der Waals surface area contributed by atoms with Crippen molar-refractivity contribution in [2.45, 2.75) is 39.2 Å². The van der Waals surface area contributed by atoms with Gasteiger partial charge in [-0.3, -0.25) is 4.79 Å². The number of fused-ring (bicyclic) bond motifs is 1. The van der Waals surface area contributed by atoms with Crippen molar-refractivity contribution in [3.63, 3.8) is 0 Å². The fourth-order valence-corrected chi connectivity index (χ4v) is 2.74. The van der Waals surface area contributed by atoms with Crippen molar-refractivity contribution in [3.05, 3.63) is 23.8 Å². The van der Waals surface area contributed by atoms with Crippen LogP contribution in [0.4, 0.5) is 0 Å². The number of hydrogen-bond acceptors (Lipinski definition) is 4. The number of hydrogen-bond donors (Lipinski definition) is 2. The minimum Gasteiger partial charge on any atom is -0.490 e. The zero-order valence-electron chi connectivity index (χ0n) is 13.6. The second kappa shape index (κ2) is 7.01. The molecule has 0 fully saturated rings. The molecular formula is C17H26N2O3. The van der Waals surface area contributed by atoms with E-state index in [-0.39, 0.29) is 5.91 Å². The van der Waals surface area contributed by atoms with E-state index in [9.17, 15) is 4.79 Å². The zero-order valence-corrected chi connectivity index (χ0v) is 13.6. The van der Waals surface area contributed by atoms with E-state index in [2.05, 4.69) is 19.2 Å². The van der Waals surface area contributed by atoms with Crippen LogP contribution in [-0.4, -0.2) is 31.2 Å². The molecule has 1 aromatic carbocycles. The number of carbonyl (C=O) groups is 1. The van der Waals surface area contributed by atoms with Gasteiger partial charge in [-0.15, -0.1) is 0 Å². The highest BCUT2D eigenvalue weighted by molar-refractivity contribution is 5.95. The minimum absolute atomic E-state index is 0.135. The van der Waals surface area contributed by atoms with Crippen molar-refractivity contribution >= 4 is 5.91 Å². The minimum atomic E-state index is -0.407. The van der Waals surface area contributed by atoms with Gasteiger partial charge in [0.15, 0.2) is 11.5 Å². The SMILES string of the molecule is CC(C)CC(C)(CN)NC(=O)c1ccc2c(c1)OCCCO2. The summed E-state index contributed by atoms with van der Waals surface area (Å²) < 4.78 is 11.2. The maximum absolute atomic E-state index is 12.5. The van der Waals surface area contributed by atoms with Crippen LogP contribution < -0.4 is 20.5 Å². The van der Waals surface area contributed by atoms with Crippen LogP contribution in [0.5, 0.6) is 11.5 Å². The molecule has 3 N–H and O–H groups in total. The van der Waals surface area contributed by atoms with Gasteiger partial charge in [0.2, 0.25) is 0 Å². The smallest absolute Gasteiger partial charge is 0.251 e. The van der Waals surface area contributed by atoms with Crippen molar-refractivity contribution in [3.8, 4) is 11.5 Å². The molecule has 5 heteroatoms. The Labute approximate surface area is 132 Å². The van der Waals surface area contributed by atoms with Crippen LogP contribution >= 0.6 is 0 Å². The van der Waals surface area contributed by atoms with E-state index < -0.39 is 5.54 Å². The number of amides is 1. The van der Waals surface area contributed by atoms with E-state index >= 15 is 0 Å². The fraction of sp³-hybridized carbons (Fsp3) is 0.588. The normalized spacial score (nSPS) is 16.8. The molecule has 22 heavy (non-hydrogen) atoms. The van der Waals surface area contributed by atoms with Crippen LogP contribution in [0.1, 0.15) is 44.0 Å². The molecule has 0 aliphatic carbocycles. The Bertz CT molecular complexity index is 531. The monoisotopic (exact) mass is 306 g/mol. The molecule has 1 atom stereocenters. The zero-order chi connectivity index (χ0) is 16.2. The number of rotatable bonds is 5. The van der Waals surface area contributed by atoms with E-state index in [4.69, 9.17) is 15.2 Å². The number of nitrogens with two attached hydrogens (primary N) is 1. The lowest BCUT2D eigenvalue weighted by Gasteiger charge is -2.31. The van der Waals surface area contributed by atoms with Crippen LogP contribution in [-0.2, 0) is 0 Å². The molecule has 1 unspecified atom stereocenters. The Morgan fingerprint density at radius 1 is 1.32 bits per heavy atom. The lowest BCUT2D eigenvalue weighted by atomic mass is 9.90. The molecule has 0 saturated heterocycles. The Balaban J connectivity index is 2.14. The predicted octanol–water partition coefficient (Wildman–Crippen LogP) is 2.34. The van der Waals surface area contributed by atoms with Gasteiger partial charge in [-0.1, -0.05) is 13.8 Å². The van der Waals surface area contributed by atoms with Gasteiger partial charge >= 0.3 is 0 Å². The summed E-state index contributed by atoms with van der Waals surface area (Å²) in [6.07, 6.45) is 1.68. The molecule has 0 spiro atoms. The molecule has 0 saturated carbocycles. The molecule has 1 amide bonds. The first-order valence-corrected chi connectivity index (χ1v) is 7.86. The summed E-state index contributed by atoms with van der Waals surface area (Å²) >= 11 is 0. The van der Waals surface area contributed by atoms with E-state index in [1.165, 1.54) is 0 Å². The molecule has 1 heterocycles. The molecule has 0 aromatic heterocycles. The van der Waals surface area contributed by atoms with Crippen molar-refractivity contribution in [1.82, 2.24) is 5.32 Å². The highest BCUT2D eigenvalue weighted by atomic mass is 16.5. The first-order valence-electron chi connectivity index (χ1n) is 7.86. The topological polar surface area (TPSA) is 73.6 Å². The van der Waals surface area contributed by atoms with E-state index in [0.717, 1.165) is 12.8 Å². The second-order valence-corrected chi connectivity index (χ2v) is 6.53. The quantitative estimate of drug-likeness (QED) is 0.875. The molecule has 2 rings (SSSR count). The van der Waals surface area contributed by atoms with Gasteiger partial charge in [-0.2, -0.15) is 0 Å². The predicted molar refractivity (Wildman–Crippen MR) is 86.4 cm³/mol. The highest BCUT2D eigenvalue weighted by Gasteiger charge is 2.26. The number of ether oxygens (including phenoxy) is 2. The van der Waals surface area contributed by atoms with Gasteiger partial charge in [0.05, 0.1) is 13.2 Å². The van der Waals surface area contributed by atoms with Gasteiger partial charge < -0.3 is 20.5 Å². The lowest BCUT2D eigenvalue weighted by Crippen LogP contribution is -2.52. The molecule has 1 aliphatic rings. The summed E-state index contributed by atoms with van der Waals surface area (Å²) in [5.41, 5.74) is 6.01. The van der Waals surface area contributed by atoms with Gasteiger partial charge in [-0.25, -0.2) is 0 Å². The van der Waals surface area contributed by atoms with Gasteiger partial charge in [0.1, 0.15) is 0 Å². The Morgan fingerprint density at radius 2 is 2.00 bits per heavy atom. The average molecular weight is 306 g/mol. The van der Waals surface area contributed by atoms with Crippen molar-refractivity contribution in [1.29, 1.82) is 0 Å². The molecule has 5 nitrogen and oxygen atoms in total. The fourth-order valence-electron chi connectivity index (χ4n) is 2.74. The van der Waals surface area contributed by atoms with E-state index in [0.29, 0.717) is 42.7 Å². The van der Waals surface area contributed by atoms with Crippen molar-refractivity contribution < 1.29 is 14.3 Å². The maximum atomic E-state index is 12.5. The van der Waals surface area contributed by atoms with E-state index in [1.807, 2.05) is 6.92 Å². The average Bonchev–Trinajstić information content (AvgIpc) is 2.70. The Kier molecular flexibility index (Phi) is 5.29. The molecule has 0 bridgehead atoms. The number of benzene rings is 1. The third kappa shape index (κ3) is 4.13. The van der Waals surface area contributed by atoms with E-state index in [1.54, 1.807) is 18.2 Å². The largest absolute Gasteiger partial charge is 0.490 e. The Hall–Kier alpha value is -1.75. The summed E-state index contributed by atoms with van der Waals surface area (Å²) in [5, 5.41) is 3.05. The summed E-state index contributed by atoms with van der Waals surface area (Å²) in [6, 6.07) is 5.29. The molecular weight excluding hydrogens is 280 g/mol. The second-order valence-electron chi connectivity index (χ2n) is 6.53. The van der Waals surface area contributed by atoms with Crippen molar-refractivity contribution in [2.75, 3.05) is 19.8 Å². The molecule has 0 radical (unpaired) electrons. The van der Waals surface area contributed by atoms with Gasteiger partial charge in [0, 0.05) is 24.1 Å². The highest BCUT2D eigenvalue weighted by Crippen LogP contribution is 2.30. The van der Waals surface area contributed by atoms with Crippen LogP contribution in [0.2, 0.25) is 0 Å². The van der Waals surface area contributed by atoms with Crippen LogP contribution in [0.15, 0.2) is 18.2 Å². The van der Waals surface area contributed by atoms with Gasteiger partial charge in [-0.05, 0) is 37.5 Å². The van der Waals surface area contributed by atoms with Gasteiger partial charge in [0.25, 0.3) is 5.91 Å². The third-order valence-corrected chi connectivity index (χ3v) is 3.73. The molecule has 122 valence electrons. The maximum Gasteiger partial charge on any atom is 0.251 e.